The van der Waals surface area contributed by atoms with Gasteiger partial charge < -0.3 is 10.4 Å². The minimum Gasteiger partial charge on any atom is -0.476 e. The first-order valence-corrected chi connectivity index (χ1v) is 8.07. The molecule has 1 fully saturated rings. The van der Waals surface area contributed by atoms with E-state index >= 15 is 0 Å². The lowest BCUT2D eigenvalue weighted by Crippen LogP contribution is -2.33. The van der Waals surface area contributed by atoms with Gasteiger partial charge >= 0.3 is 5.97 Å². The van der Waals surface area contributed by atoms with E-state index in [1.54, 1.807) is 18.2 Å². The van der Waals surface area contributed by atoms with Crippen LogP contribution in [-0.2, 0) is 17.8 Å². The molecule has 1 amide bonds. The lowest BCUT2D eigenvalue weighted by Gasteiger charge is -2.15. The number of carbonyl (C=O) groups is 2. The molecular formula is C16H15FN2O3S. The highest BCUT2D eigenvalue weighted by Crippen LogP contribution is 2.49. The number of carbonyl (C=O) groups excluding carboxylic acids is 1. The summed E-state index contributed by atoms with van der Waals surface area (Å²) in [6, 6.07) is 6.48. The molecule has 0 radical (unpaired) electrons. The Morgan fingerprint density at radius 1 is 1.35 bits per heavy atom. The van der Waals surface area contributed by atoms with E-state index in [0.717, 1.165) is 12.8 Å². The van der Waals surface area contributed by atoms with E-state index in [-0.39, 0.29) is 24.0 Å². The van der Waals surface area contributed by atoms with Gasteiger partial charge in [0.05, 0.1) is 12.0 Å². The van der Waals surface area contributed by atoms with Gasteiger partial charge in [-0.1, -0.05) is 18.2 Å². The number of nitrogens with zero attached hydrogens (tertiary/aromatic N) is 1. The molecule has 7 heteroatoms. The van der Waals surface area contributed by atoms with Crippen molar-refractivity contribution in [3.63, 3.8) is 0 Å². The second kappa shape index (κ2) is 6.08. The summed E-state index contributed by atoms with van der Waals surface area (Å²) in [5.74, 6) is -1.51. The Balaban J connectivity index is 1.61. The van der Waals surface area contributed by atoms with Crippen molar-refractivity contribution in [3.8, 4) is 0 Å². The molecule has 0 aliphatic heterocycles. The number of hydrogen-bond donors (Lipinski definition) is 2. The van der Waals surface area contributed by atoms with Crippen LogP contribution in [0, 0.1) is 11.2 Å². The first kappa shape index (κ1) is 15.6. The smallest absolute Gasteiger partial charge is 0.355 e. The summed E-state index contributed by atoms with van der Waals surface area (Å²) in [6.07, 6.45) is 1.83. The first-order chi connectivity index (χ1) is 11.0. The van der Waals surface area contributed by atoms with Crippen LogP contribution in [0.4, 0.5) is 4.39 Å². The van der Waals surface area contributed by atoms with E-state index in [0.29, 0.717) is 17.0 Å². The van der Waals surface area contributed by atoms with Crippen molar-refractivity contribution in [2.24, 2.45) is 5.41 Å². The quantitative estimate of drug-likeness (QED) is 0.851. The molecule has 1 aliphatic carbocycles. The van der Waals surface area contributed by atoms with Crippen LogP contribution in [0.2, 0.25) is 0 Å². The second-order valence-electron chi connectivity index (χ2n) is 5.66. The molecule has 0 bridgehead atoms. The zero-order valence-electron chi connectivity index (χ0n) is 12.2. The van der Waals surface area contributed by atoms with E-state index in [2.05, 4.69) is 10.3 Å². The molecule has 23 heavy (non-hydrogen) atoms. The summed E-state index contributed by atoms with van der Waals surface area (Å²) in [5, 5.41) is 13.6. The van der Waals surface area contributed by atoms with Gasteiger partial charge in [-0.25, -0.2) is 14.2 Å². The topological polar surface area (TPSA) is 79.3 Å². The lowest BCUT2D eigenvalue weighted by molar-refractivity contribution is -0.126. The number of aromatic nitrogens is 1. The number of hydrogen-bond acceptors (Lipinski definition) is 4. The van der Waals surface area contributed by atoms with Gasteiger partial charge in [0.15, 0.2) is 5.69 Å². The van der Waals surface area contributed by atoms with Crippen molar-refractivity contribution in [1.82, 2.24) is 10.3 Å². The van der Waals surface area contributed by atoms with Gasteiger partial charge in [-0.2, -0.15) is 0 Å². The third kappa shape index (κ3) is 3.39. The number of rotatable bonds is 6. The summed E-state index contributed by atoms with van der Waals surface area (Å²) in [6.45, 7) is 0.190. The Morgan fingerprint density at radius 3 is 2.70 bits per heavy atom. The maximum absolute atomic E-state index is 13.7. The Labute approximate surface area is 136 Å². The zero-order chi connectivity index (χ0) is 16.4. The second-order valence-corrected chi connectivity index (χ2v) is 6.61. The van der Waals surface area contributed by atoms with E-state index in [4.69, 9.17) is 5.11 Å². The van der Waals surface area contributed by atoms with Gasteiger partial charge in [0.2, 0.25) is 5.91 Å². The molecule has 1 aliphatic rings. The van der Waals surface area contributed by atoms with Crippen molar-refractivity contribution in [3.05, 3.63) is 51.7 Å². The van der Waals surface area contributed by atoms with Crippen LogP contribution in [0.25, 0.3) is 0 Å². The normalized spacial score (nSPS) is 15.2. The number of nitrogens with one attached hydrogen (secondary N) is 1. The highest BCUT2D eigenvalue weighted by Gasteiger charge is 2.49. The van der Waals surface area contributed by atoms with Gasteiger partial charge in [-0.15, -0.1) is 11.3 Å². The van der Waals surface area contributed by atoms with Crippen LogP contribution in [0.3, 0.4) is 0 Å². The minimum absolute atomic E-state index is 0.0215. The molecule has 2 aromatic rings. The molecule has 1 heterocycles. The van der Waals surface area contributed by atoms with Crippen LogP contribution in [-0.4, -0.2) is 22.0 Å². The molecule has 1 aromatic heterocycles. The van der Waals surface area contributed by atoms with Gasteiger partial charge in [0, 0.05) is 5.38 Å². The highest BCUT2D eigenvalue weighted by atomic mass is 32.1. The molecule has 2 N–H and O–H groups in total. The van der Waals surface area contributed by atoms with Gasteiger partial charge in [-0.05, 0) is 30.9 Å². The standard InChI is InChI=1S/C16H15FN2O3S/c17-11-4-2-1-3-10(11)7-16(5-6-16)15(22)18-8-13-19-12(9-23-13)14(20)21/h1-4,9H,5-8H2,(H,18,22)(H,20,21). The molecule has 0 atom stereocenters. The summed E-state index contributed by atoms with van der Waals surface area (Å²) in [7, 11) is 0. The number of carboxylic acids is 1. The number of amides is 1. The molecular weight excluding hydrogens is 319 g/mol. The van der Waals surface area contributed by atoms with Crippen LogP contribution in [0.1, 0.15) is 33.9 Å². The van der Waals surface area contributed by atoms with Gasteiger partial charge in [0.1, 0.15) is 10.8 Å². The average Bonchev–Trinajstić information content (AvgIpc) is 3.15. The van der Waals surface area contributed by atoms with Crippen LogP contribution in [0.15, 0.2) is 29.6 Å². The molecule has 1 aromatic carbocycles. The van der Waals surface area contributed by atoms with E-state index in [1.165, 1.54) is 22.8 Å². The largest absolute Gasteiger partial charge is 0.476 e. The molecule has 120 valence electrons. The first-order valence-electron chi connectivity index (χ1n) is 7.20. The zero-order valence-corrected chi connectivity index (χ0v) is 13.0. The summed E-state index contributed by atoms with van der Waals surface area (Å²) in [5.41, 5.74) is -0.0240. The Hall–Kier alpha value is -2.28. The number of thiazole rings is 1. The Kier molecular flexibility index (Phi) is 4.12. The monoisotopic (exact) mass is 334 g/mol. The SMILES string of the molecule is O=C(O)c1csc(CNC(=O)C2(Cc3ccccc3F)CC2)n1. The highest BCUT2D eigenvalue weighted by molar-refractivity contribution is 7.09. The Morgan fingerprint density at radius 2 is 2.09 bits per heavy atom. The number of benzene rings is 1. The molecule has 3 rings (SSSR count). The summed E-state index contributed by atoms with van der Waals surface area (Å²) in [4.78, 5) is 27.1. The fraction of sp³-hybridized carbons (Fsp3) is 0.312. The number of halogens is 1. The molecule has 0 spiro atoms. The maximum Gasteiger partial charge on any atom is 0.355 e. The Bertz CT molecular complexity index is 755. The van der Waals surface area contributed by atoms with Crippen molar-refractivity contribution < 1.29 is 19.1 Å². The molecule has 0 unspecified atom stereocenters. The summed E-state index contributed by atoms with van der Waals surface area (Å²) < 4.78 is 13.7. The van der Waals surface area contributed by atoms with Crippen LogP contribution >= 0.6 is 11.3 Å². The van der Waals surface area contributed by atoms with Crippen molar-refractivity contribution in [2.75, 3.05) is 0 Å². The minimum atomic E-state index is -1.09. The van der Waals surface area contributed by atoms with Gasteiger partial charge in [-0.3, -0.25) is 4.79 Å². The maximum atomic E-state index is 13.7. The number of aromatic carboxylic acids is 1. The van der Waals surface area contributed by atoms with Crippen molar-refractivity contribution >= 4 is 23.2 Å². The number of carboxylic acid groups (broad SMARTS) is 1. The van der Waals surface area contributed by atoms with Crippen LogP contribution in [0.5, 0.6) is 0 Å². The fourth-order valence-electron chi connectivity index (χ4n) is 2.48. The van der Waals surface area contributed by atoms with E-state index in [9.17, 15) is 14.0 Å². The van der Waals surface area contributed by atoms with Gasteiger partial charge in [0.25, 0.3) is 0 Å². The third-order valence-electron chi connectivity index (χ3n) is 3.99. The predicted molar refractivity (Wildman–Crippen MR) is 82.7 cm³/mol. The third-order valence-corrected chi connectivity index (χ3v) is 4.84. The van der Waals surface area contributed by atoms with Crippen molar-refractivity contribution in [2.45, 2.75) is 25.8 Å². The van der Waals surface area contributed by atoms with Crippen LogP contribution < -0.4 is 5.32 Å². The average molecular weight is 334 g/mol. The van der Waals surface area contributed by atoms with E-state index in [1.807, 2.05) is 0 Å². The lowest BCUT2D eigenvalue weighted by atomic mass is 9.95. The van der Waals surface area contributed by atoms with E-state index < -0.39 is 11.4 Å². The molecule has 0 saturated heterocycles. The molecule has 5 nitrogen and oxygen atoms in total. The van der Waals surface area contributed by atoms with Crippen molar-refractivity contribution in [1.29, 1.82) is 0 Å². The predicted octanol–water partition coefficient (Wildman–Crippen LogP) is 2.62. The fourth-order valence-corrected chi connectivity index (χ4v) is 3.18. The molecule has 1 saturated carbocycles. The summed E-state index contributed by atoms with van der Waals surface area (Å²) >= 11 is 1.19.